The van der Waals surface area contributed by atoms with Crippen LogP contribution in [0.5, 0.6) is 0 Å². The maximum absolute atomic E-state index is 5.60. The minimum absolute atomic E-state index is 0.742. The van der Waals surface area contributed by atoms with Crippen LogP contribution in [0.3, 0.4) is 0 Å². The molecule has 1 aromatic carbocycles. The van der Waals surface area contributed by atoms with Gasteiger partial charge in [0.1, 0.15) is 0 Å². The lowest BCUT2D eigenvalue weighted by Gasteiger charge is -2.20. The average molecular weight is 206 g/mol. The molecule has 0 aliphatic carbocycles. The summed E-state index contributed by atoms with van der Waals surface area (Å²) in [5.41, 5.74) is 8.29. The quantitative estimate of drug-likeness (QED) is 0.773. The highest BCUT2D eigenvalue weighted by atomic mass is 15.1. The Morgan fingerprint density at radius 2 is 1.80 bits per heavy atom. The van der Waals surface area contributed by atoms with E-state index in [-0.39, 0.29) is 0 Å². The Labute approximate surface area is 93.1 Å². The van der Waals surface area contributed by atoms with Gasteiger partial charge in [0.15, 0.2) is 0 Å². The molecular weight excluding hydrogens is 184 g/mol. The van der Waals surface area contributed by atoms with Crippen LogP contribution in [0.2, 0.25) is 0 Å². The van der Waals surface area contributed by atoms with Crippen LogP contribution < -0.4 is 5.73 Å². The van der Waals surface area contributed by atoms with E-state index in [1.165, 1.54) is 17.5 Å². The zero-order valence-corrected chi connectivity index (χ0v) is 9.87. The molecule has 0 bridgehead atoms. The first-order chi connectivity index (χ1) is 7.26. The zero-order chi connectivity index (χ0) is 11.1. The van der Waals surface area contributed by atoms with Crippen molar-refractivity contribution in [1.29, 1.82) is 0 Å². The lowest BCUT2D eigenvalue weighted by molar-refractivity contribution is 0.273. The summed E-state index contributed by atoms with van der Waals surface area (Å²) in [5.74, 6) is 0. The van der Waals surface area contributed by atoms with Gasteiger partial charge in [-0.2, -0.15) is 0 Å². The molecule has 2 nitrogen and oxygen atoms in total. The molecule has 0 unspecified atom stereocenters. The summed E-state index contributed by atoms with van der Waals surface area (Å²) in [6, 6.07) is 8.74. The molecule has 0 aliphatic rings. The Morgan fingerprint density at radius 3 is 2.33 bits per heavy atom. The standard InChI is InChI=1S/C13H22N2/c1-3-9-15(10-8-14)11-13-6-4-12(2)5-7-13/h4-7H,3,8-11,14H2,1-2H3. The van der Waals surface area contributed by atoms with Crippen LogP contribution >= 0.6 is 0 Å². The lowest BCUT2D eigenvalue weighted by Crippen LogP contribution is -2.29. The van der Waals surface area contributed by atoms with Crippen LogP contribution in [0.25, 0.3) is 0 Å². The van der Waals surface area contributed by atoms with E-state index in [9.17, 15) is 0 Å². The van der Waals surface area contributed by atoms with Crippen molar-refractivity contribution in [3.05, 3.63) is 35.4 Å². The number of rotatable bonds is 6. The van der Waals surface area contributed by atoms with Crippen LogP contribution in [0.1, 0.15) is 24.5 Å². The van der Waals surface area contributed by atoms with Crippen molar-refractivity contribution in [2.75, 3.05) is 19.6 Å². The molecule has 15 heavy (non-hydrogen) atoms. The highest BCUT2D eigenvalue weighted by Crippen LogP contribution is 2.06. The smallest absolute Gasteiger partial charge is 0.0234 e. The Bertz CT molecular complexity index is 260. The Hall–Kier alpha value is -0.860. The van der Waals surface area contributed by atoms with Crippen LogP contribution in [0.4, 0.5) is 0 Å². The largest absolute Gasteiger partial charge is 0.329 e. The molecule has 0 saturated heterocycles. The molecule has 0 aliphatic heterocycles. The van der Waals surface area contributed by atoms with Gasteiger partial charge in [-0.05, 0) is 25.5 Å². The van der Waals surface area contributed by atoms with Crippen molar-refractivity contribution < 1.29 is 0 Å². The minimum Gasteiger partial charge on any atom is -0.329 e. The molecule has 0 amide bonds. The summed E-state index contributed by atoms with van der Waals surface area (Å²) in [5, 5.41) is 0. The monoisotopic (exact) mass is 206 g/mol. The Morgan fingerprint density at radius 1 is 1.13 bits per heavy atom. The average Bonchev–Trinajstić information content (AvgIpc) is 2.22. The van der Waals surface area contributed by atoms with Crippen LogP contribution in [-0.4, -0.2) is 24.5 Å². The van der Waals surface area contributed by atoms with Crippen molar-refractivity contribution in [1.82, 2.24) is 4.90 Å². The molecule has 1 rings (SSSR count). The van der Waals surface area contributed by atoms with E-state index >= 15 is 0 Å². The van der Waals surface area contributed by atoms with Crippen LogP contribution in [0.15, 0.2) is 24.3 Å². The Balaban J connectivity index is 2.53. The molecule has 0 radical (unpaired) electrons. The topological polar surface area (TPSA) is 29.3 Å². The van der Waals surface area contributed by atoms with Gasteiger partial charge in [-0.25, -0.2) is 0 Å². The van der Waals surface area contributed by atoms with E-state index in [0.29, 0.717) is 0 Å². The normalized spacial score (nSPS) is 10.9. The second-order valence-corrected chi connectivity index (χ2v) is 4.05. The first kappa shape index (κ1) is 12.2. The van der Waals surface area contributed by atoms with E-state index in [4.69, 9.17) is 5.73 Å². The summed E-state index contributed by atoms with van der Waals surface area (Å²) >= 11 is 0. The number of aryl methyl sites for hydroxylation is 1. The number of nitrogens with two attached hydrogens (primary N) is 1. The highest BCUT2D eigenvalue weighted by molar-refractivity contribution is 5.21. The van der Waals surface area contributed by atoms with E-state index in [1.54, 1.807) is 0 Å². The van der Waals surface area contributed by atoms with Gasteiger partial charge >= 0.3 is 0 Å². The van der Waals surface area contributed by atoms with Crippen molar-refractivity contribution >= 4 is 0 Å². The lowest BCUT2D eigenvalue weighted by atomic mass is 10.1. The third kappa shape index (κ3) is 4.45. The molecule has 0 saturated carbocycles. The first-order valence-electron chi connectivity index (χ1n) is 5.74. The molecule has 1 aromatic rings. The predicted octanol–water partition coefficient (Wildman–Crippen LogP) is 2.17. The molecule has 0 spiro atoms. The maximum atomic E-state index is 5.60. The predicted molar refractivity (Wildman–Crippen MR) is 65.8 cm³/mol. The third-order valence-corrected chi connectivity index (χ3v) is 2.51. The van der Waals surface area contributed by atoms with E-state index in [1.807, 2.05) is 0 Å². The zero-order valence-electron chi connectivity index (χ0n) is 9.87. The van der Waals surface area contributed by atoms with Gasteiger partial charge < -0.3 is 5.73 Å². The molecule has 0 aromatic heterocycles. The second-order valence-electron chi connectivity index (χ2n) is 4.05. The highest BCUT2D eigenvalue weighted by Gasteiger charge is 2.03. The third-order valence-electron chi connectivity index (χ3n) is 2.51. The van der Waals surface area contributed by atoms with Gasteiger partial charge in [-0.15, -0.1) is 0 Å². The second kappa shape index (κ2) is 6.59. The van der Waals surface area contributed by atoms with Crippen molar-refractivity contribution in [2.24, 2.45) is 5.73 Å². The molecule has 84 valence electrons. The van der Waals surface area contributed by atoms with Crippen molar-refractivity contribution in [2.45, 2.75) is 26.8 Å². The summed E-state index contributed by atoms with van der Waals surface area (Å²) in [4.78, 5) is 2.41. The first-order valence-corrected chi connectivity index (χ1v) is 5.74. The summed E-state index contributed by atoms with van der Waals surface area (Å²) in [6.07, 6.45) is 1.19. The van der Waals surface area contributed by atoms with Crippen molar-refractivity contribution in [3.8, 4) is 0 Å². The summed E-state index contributed by atoms with van der Waals surface area (Å²) in [6.45, 7) is 8.20. The fourth-order valence-electron chi connectivity index (χ4n) is 1.72. The van der Waals surface area contributed by atoms with Crippen molar-refractivity contribution in [3.63, 3.8) is 0 Å². The fourth-order valence-corrected chi connectivity index (χ4v) is 1.72. The summed E-state index contributed by atoms with van der Waals surface area (Å²) < 4.78 is 0. The van der Waals surface area contributed by atoms with Gasteiger partial charge in [0.25, 0.3) is 0 Å². The van der Waals surface area contributed by atoms with Crippen LogP contribution in [0, 0.1) is 6.92 Å². The molecule has 0 heterocycles. The summed E-state index contributed by atoms with van der Waals surface area (Å²) in [7, 11) is 0. The molecule has 2 heteroatoms. The Kier molecular flexibility index (Phi) is 5.37. The van der Waals surface area contributed by atoms with Gasteiger partial charge in [0, 0.05) is 19.6 Å². The van der Waals surface area contributed by atoms with E-state index in [0.717, 1.165) is 26.2 Å². The molecular formula is C13H22N2. The van der Waals surface area contributed by atoms with Gasteiger partial charge in [0.2, 0.25) is 0 Å². The number of benzene rings is 1. The minimum atomic E-state index is 0.742. The fraction of sp³-hybridized carbons (Fsp3) is 0.538. The number of hydrogen-bond acceptors (Lipinski definition) is 2. The van der Waals surface area contributed by atoms with Gasteiger partial charge in [-0.3, -0.25) is 4.90 Å². The van der Waals surface area contributed by atoms with E-state index < -0.39 is 0 Å². The SMILES string of the molecule is CCCN(CCN)Cc1ccc(C)cc1. The van der Waals surface area contributed by atoms with Crippen LogP contribution in [-0.2, 0) is 6.54 Å². The van der Waals surface area contributed by atoms with Gasteiger partial charge in [-0.1, -0.05) is 36.8 Å². The number of nitrogens with zero attached hydrogens (tertiary/aromatic N) is 1. The molecule has 0 fully saturated rings. The van der Waals surface area contributed by atoms with Gasteiger partial charge in [0.05, 0.1) is 0 Å². The molecule has 2 N–H and O–H groups in total. The maximum Gasteiger partial charge on any atom is 0.0234 e. The van der Waals surface area contributed by atoms with E-state index in [2.05, 4.69) is 43.0 Å². The number of hydrogen-bond donors (Lipinski definition) is 1. The molecule has 0 atom stereocenters.